The summed E-state index contributed by atoms with van der Waals surface area (Å²) in [5.41, 5.74) is 8.56. The summed E-state index contributed by atoms with van der Waals surface area (Å²) in [5.74, 6) is 2.41. The quantitative estimate of drug-likeness (QED) is 0.215. The predicted molar refractivity (Wildman–Crippen MR) is 141 cm³/mol. The number of nitrogens with two attached hydrogens (primary N) is 1. The van der Waals surface area contributed by atoms with Gasteiger partial charge in [0.1, 0.15) is 28.7 Å². The number of aliphatic imine (C=N–C) groups is 1. The topological polar surface area (TPSA) is 131 Å². The largest absolute Gasteiger partial charge is 0.456 e. The average molecular weight is 495 g/mol. The summed E-state index contributed by atoms with van der Waals surface area (Å²) >= 11 is 0. The Morgan fingerprint density at radius 2 is 2.11 bits per heavy atom. The number of amides is 1. The molecule has 0 spiro atoms. The fraction of sp³-hybridized carbons (Fsp3) is 0.333. The molecule has 0 aliphatic carbocycles. The number of nitrogens with zero attached hydrogens (tertiary/aromatic N) is 4. The highest BCUT2D eigenvalue weighted by Crippen LogP contribution is 2.31. The van der Waals surface area contributed by atoms with Crippen molar-refractivity contribution in [2.45, 2.75) is 25.8 Å². The SMILES string of the molecule is CPNc1nccc(Oc2ccc(C(=O)Nc3cc(C)n(C)n3)cc2)c1C(N)=N[C@@H]1CCCNC1. The van der Waals surface area contributed by atoms with Crippen molar-refractivity contribution in [3.63, 3.8) is 0 Å². The van der Waals surface area contributed by atoms with Crippen LogP contribution in [-0.4, -0.2) is 52.3 Å². The molecule has 35 heavy (non-hydrogen) atoms. The van der Waals surface area contributed by atoms with Gasteiger partial charge in [-0.2, -0.15) is 5.10 Å². The lowest BCUT2D eigenvalue weighted by molar-refractivity contribution is 0.102. The summed E-state index contributed by atoms with van der Waals surface area (Å²) in [6, 6.07) is 10.6. The molecule has 11 heteroatoms. The van der Waals surface area contributed by atoms with E-state index in [-0.39, 0.29) is 11.9 Å². The van der Waals surface area contributed by atoms with Crippen molar-refractivity contribution in [1.29, 1.82) is 0 Å². The second kappa shape index (κ2) is 11.3. The molecule has 1 amide bonds. The van der Waals surface area contributed by atoms with E-state index in [2.05, 4.69) is 25.8 Å². The molecule has 2 atom stereocenters. The number of hydrogen-bond donors (Lipinski definition) is 4. The Balaban J connectivity index is 1.53. The maximum absolute atomic E-state index is 12.6. The van der Waals surface area contributed by atoms with Crippen LogP contribution < -0.4 is 26.2 Å². The van der Waals surface area contributed by atoms with Crippen molar-refractivity contribution >= 4 is 32.1 Å². The van der Waals surface area contributed by atoms with Gasteiger partial charge in [0, 0.05) is 43.2 Å². The summed E-state index contributed by atoms with van der Waals surface area (Å²) in [6.07, 6.45) is 3.73. The lowest BCUT2D eigenvalue weighted by Gasteiger charge is -2.21. The van der Waals surface area contributed by atoms with E-state index >= 15 is 0 Å². The zero-order valence-corrected chi connectivity index (χ0v) is 21.1. The van der Waals surface area contributed by atoms with Gasteiger partial charge in [0.25, 0.3) is 5.91 Å². The highest BCUT2D eigenvalue weighted by atomic mass is 31.1. The number of nitrogens with one attached hydrogen (secondary N) is 3. The van der Waals surface area contributed by atoms with Crippen LogP contribution >= 0.6 is 8.73 Å². The van der Waals surface area contributed by atoms with Crippen LogP contribution in [-0.2, 0) is 7.05 Å². The van der Waals surface area contributed by atoms with E-state index in [0.29, 0.717) is 48.8 Å². The molecule has 4 rings (SSSR count). The van der Waals surface area contributed by atoms with Crippen molar-refractivity contribution in [2.24, 2.45) is 17.8 Å². The zero-order valence-electron chi connectivity index (χ0n) is 20.1. The van der Waals surface area contributed by atoms with Crippen molar-refractivity contribution in [3.8, 4) is 11.5 Å². The Labute approximate surface area is 206 Å². The van der Waals surface area contributed by atoms with Gasteiger partial charge in [-0.3, -0.25) is 14.5 Å². The second-order valence-electron chi connectivity index (χ2n) is 8.30. The molecular weight excluding hydrogens is 463 g/mol. The number of pyridine rings is 1. The fourth-order valence-corrected chi connectivity index (χ4v) is 4.23. The Kier molecular flexibility index (Phi) is 7.94. The van der Waals surface area contributed by atoms with Crippen molar-refractivity contribution in [1.82, 2.24) is 20.1 Å². The molecule has 184 valence electrons. The third kappa shape index (κ3) is 6.15. The molecular formula is C24H31N8O2P. The maximum atomic E-state index is 12.6. The second-order valence-corrected chi connectivity index (χ2v) is 9.05. The molecule has 1 fully saturated rings. The molecule has 1 aromatic carbocycles. The van der Waals surface area contributed by atoms with Crippen LogP contribution in [0.5, 0.6) is 11.5 Å². The standard InChI is InChI=1S/C24H31N8O2P/c1-15-13-20(30-32(15)2)29-24(33)16-6-8-18(9-7-16)34-19-10-12-27-23(31-35-3)21(19)22(25)28-17-5-4-11-26-14-17/h6-10,12-13,17,26,35H,4-5,11,14H2,1-3H3,(H2,25,28)(H,27,31)(H,29,30,33)/t17-/m1/s1. The minimum Gasteiger partial charge on any atom is -0.456 e. The molecule has 1 saturated heterocycles. The zero-order chi connectivity index (χ0) is 24.8. The third-order valence-corrected chi connectivity index (χ3v) is 6.19. The van der Waals surface area contributed by atoms with Crippen LogP contribution in [0.15, 0.2) is 47.6 Å². The molecule has 2 aromatic heterocycles. The first kappa shape index (κ1) is 24.6. The Morgan fingerprint density at radius 3 is 2.77 bits per heavy atom. The van der Waals surface area contributed by atoms with Gasteiger partial charge in [0.2, 0.25) is 0 Å². The number of amidine groups is 1. The predicted octanol–water partition coefficient (Wildman–Crippen LogP) is 3.26. The number of ether oxygens (including phenoxy) is 1. The first-order valence-electron chi connectivity index (χ1n) is 11.5. The number of rotatable bonds is 8. The molecule has 5 N–H and O–H groups in total. The molecule has 3 heterocycles. The molecule has 0 saturated carbocycles. The van der Waals surface area contributed by atoms with Gasteiger partial charge in [-0.1, -0.05) is 0 Å². The molecule has 10 nitrogen and oxygen atoms in total. The summed E-state index contributed by atoms with van der Waals surface area (Å²) in [5, 5.41) is 13.7. The highest BCUT2D eigenvalue weighted by Gasteiger charge is 2.19. The maximum Gasteiger partial charge on any atom is 0.256 e. The van der Waals surface area contributed by atoms with Crippen LogP contribution in [0.2, 0.25) is 0 Å². The van der Waals surface area contributed by atoms with Crippen molar-refractivity contribution in [2.75, 3.05) is 30.2 Å². The van der Waals surface area contributed by atoms with Crippen LogP contribution in [0.3, 0.4) is 0 Å². The van der Waals surface area contributed by atoms with Gasteiger partial charge in [-0.25, -0.2) is 4.98 Å². The Hall–Kier alpha value is -3.49. The monoisotopic (exact) mass is 494 g/mol. The summed E-state index contributed by atoms with van der Waals surface area (Å²) in [6.45, 7) is 5.75. The van der Waals surface area contributed by atoms with Crippen molar-refractivity contribution in [3.05, 3.63) is 59.4 Å². The molecule has 0 bridgehead atoms. The number of piperidine rings is 1. The summed E-state index contributed by atoms with van der Waals surface area (Å²) in [7, 11) is 2.27. The highest BCUT2D eigenvalue weighted by molar-refractivity contribution is 7.38. The molecule has 0 radical (unpaired) electrons. The first-order chi connectivity index (χ1) is 16.9. The van der Waals surface area contributed by atoms with E-state index in [4.69, 9.17) is 15.5 Å². The van der Waals surface area contributed by atoms with E-state index in [1.807, 2.05) is 26.7 Å². The van der Waals surface area contributed by atoms with Crippen LogP contribution in [0.25, 0.3) is 0 Å². The van der Waals surface area contributed by atoms with Gasteiger partial charge in [-0.15, -0.1) is 0 Å². The van der Waals surface area contributed by atoms with Crippen molar-refractivity contribution < 1.29 is 9.53 Å². The van der Waals surface area contributed by atoms with E-state index in [9.17, 15) is 4.79 Å². The van der Waals surface area contributed by atoms with E-state index in [1.165, 1.54) is 0 Å². The minimum atomic E-state index is -0.243. The minimum absolute atomic E-state index is 0.120. The number of anilines is 2. The van der Waals surface area contributed by atoms with Gasteiger partial charge >= 0.3 is 0 Å². The molecule has 1 unspecified atom stereocenters. The first-order valence-corrected chi connectivity index (χ1v) is 13.0. The van der Waals surface area contributed by atoms with Gasteiger partial charge in [0.05, 0.1) is 6.04 Å². The summed E-state index contributed by atoms with van der Waals surface area (Å²) < 4.78 is 7.89. The number of hydrogen-bond acceptors (Lipinski definition) is 7. The Bertz CT molecular complexity index is 1180. The molecule has 3 aromatic rings. The van der Waals surface area contributed by atoms with Gasteiger partial charge < -0.3 is 26.2 Å². The number of aryl methyl sites for hydroxylation is 2. The number of carbonyl (C=O) groups excluding carboxylic acids is 1. The number of carbonyl (C=O) groups is 1. The lowest BCUT2D eigenvalue weighted by Crippen LogP contribution is -2.34. The molecule has 1 aliphatic heterocycles. The number of benzene rings is 1. The van der Waals surface area contributed by atoms with E-state index < -0.39 is 0 Å². The van der Waals surface area contributed by atoms with Crippen LogP contribution in [0.4, 0.5) is 11.6 Å². The third-order valence-electron chi connectivity index (χ3n) is 5.70. The molecule has 1 aliphatic rings. The normalized spacial score (nSPS) is 16.4. The average Bonchev–Trinajstić information content (AvgIpc) is 3.16. The van der Waals surface area contributed by atoms with E-state index in [0.717, 1.165) is 31.6 Å². The smallest absolute Gasteiger partial charge is 0.256 e. The van der Waals surface area contributed by atoms with Gasteiger partial charge in [-0.05, 0) is 66.0 Å². The van der Waals surface area contributed by atoms with Crippen LogP contribution in [0, 0.1) is 6.92 Å². The van der Waals surface area contributed by atoms with Gasteiger partial charge in [0.15, 0.2) is 5.82 Å². The summed E-state index contributed by atoms with van der Waals surface area (Å²) in [4.78, 5) is 21.8. The fourth-order valence-electron chi connectivity index (χ4n) is 3.81. The lowest BCUT2D eigenvalue weighted by atomic mass is 10.1. The Morgan fingerprint density at radius 1 is 1.31 bits per heavy atom. The number of aromatic nitrogens is 3. The van der Waals surface area contributed by atoms with Crippen LogP contribution in [0.1, 0.15) is 34.5 Å². The van der Waals surface area contributed by atoms with E-state index in [1.54, 1.807) is 41.2 Å².